The molecule has 1 saturated heterocycles. The van der Waals surface area contributed by atoms with Crippen molar-refractivity contribution in [2.75, 3.05) is 19.6 Å². The summed E-state index contributed by atoms with van der Waals surface area (Å²) >= 11 is 0. The van der Waals surface area contributed by atoms with Crippen molar-refractivity contribution in [1.82, 2.24) is 39.7 Å². The number of hydrogen-bond donors (Lipinski definition) is 2. The Labute approximate surface area is 214 Å². The van der Waals surface area contributed by atoms with E-state index in [1.165, 1.54) is 5.69 Å². The Kier molecular flexibility index (Phi) is 4.92. The first-order chi connectivity index (χ1) is 18.1. The molecule has 1 atom stereocenters. The van der Waals surface area contributed by atoms with Crippen molar-refractivity contribution >= 4 is 17.1 Å². The van der Waals surface area contributed by atoms with Crippen molar-refractivity contribution < 1.29 is 4.79 Å². The second-order valence-electron chi connectivity index (χ2n) is 9.96. The van der Waals surface area contributed by atoms with Gasteiger partial charge in [-0.05, 0) is 50.1 Å². The fraction of sp³-hybridized carbons (Fsp3) is 0.286. The maximum atomic E-state index is 12.4. The number of carbonyl (C=O) groups excluding carboxylic acids is 1. The van der Waals surface area contributed by atoms with Gasteiger partial charge in [-0.2, -0.15) is 10.2 Å². The van der Waals surface area contributed by atoms with Crippen molar-refractivity contribution in [3.63, 3.8) is 0 Å². The number of amides is 2. The predicted octanol–water partition coefficient (Wildman–Crippen LogP) is 4.36. The number of nitrogens with zero attached hydrogens (tertiary/aromatic N) is 6. The van der Waals surface area contributed by atoms with Crippen molar-refractivity contribution in [2.24, 2.45) is 0 Å². The highest BCUT2D eigenvalue weighted by molar-refractivity contribution is 5.95. The molecule has 0 radical (unpaired) electrons. The molecule has 7 rings (SSSR count). The van der Waals surface area contributed by atoms with Gasteiger partial charge in [0.15, 0.2) is 0 Å². The quantitative estimate of drug-likeness (QED) is 0.390. The number of H-pyrrole nitrogens is 1. The maximum Gasteiger partial charge on any atom is 0.317 e. The van der Waals surface area contributed by atoms with Crippen LogP contribution in [0.25, 0.3) is 39.2 Å². The minimum atomic E-state index is -0.0186. The summed E-state index contributed by atoms with van der Waals surface area (Å²) in [5, 5.41) is 13.5. The van der Waals surface area contributed by atoms with Gasteiger partial charge in [-0.25, -0.2) is 14.5 Å². The molecule has 4 aromatic heterocycles. The zero-order valence-electron chi connectivity index (χ0n) is 20.7. The van der Waals surface area contributed by atoms with Crippen LogP contribution in [-0.2, 0) is 12.0 Å². The van der Waals surface area contributed by atoms with Gasteiger partial charge in [0.2, 0.25) is 0 Å². The first-order valence-electron chi connectivity index (χ1n) is 12.8. The summed E-state index contributed by atoms with van der Waals surface area (Å²) in [5.74, 6) is 0. The van der Waals surface area contributed by atoms with E-state index in [-0.39, 0.29) is 11.4 Å². The third-order valence-electron chi connectivity index (χ3n) is 7.84. The van der Waals surface area contributed by atoms with Gasteiger partial charge >= 0.3 is 6.03 Å². The first-order valence-corrected chi connectivity index (χ1v) is 12.8. The molecule has 37 heavy (non-hydrogen) atoms. The SMILES string of the molecule is CCNC(=O)N1CCC2(CCn3nc(-c4cnc5[nH]cc(-c6ccnn6-c6ccccc6)c5c4)cc32)C1. The molecule has 1 unspecified atom stereocenters. The molecule has 2 amide bonds. The van der Waals surface area contributed by atoms with Gasteiger partial charge in [0, 0.05) is 66.2 Å². The van der Waals surface area contributed by atoms with Crippen LogP contribution in [0.1, 0.15) is 25.5 Å². The van der Waals surface area contributed by atoms with Gasteiger partial charge in [0.25, 0.3) is 0 Å². The van der Waals surface area contributed by atoms with Crippen molar-refractivity contribution in [3.05, 3.63) is 72.8 Å². The molecule has 9 nitrogen and oxygen atoms in total. The number of nitrogens with one attached hydrogen (secondary N) is 2. The van der Waals surface area contributed by atoms with E-state index in [9.17, 15) is 4.79 Å². The van der Waals surface area contributed by atoms with E-state index in [1.54, 1.807) is 0 Å². The first kappa shape index (κ1) is 21.8. The minimum Gasteiger partial charge on any atom is -0.345 e. The molecule has 2 N–H and O–H groups in total. The minimum absolute atomic E-state index is 0.0186. The number of hydrogen-bond acceptors (Lipinski definition) is 4. The van der Waals surface area contributed by atoms with Crippen LogP contribution in [0.2, 0.25) is 0 Å². The van der Waals surface area contributed by atoms with E-state index in [0.717, 1.165) is 71.7 Å². The standard InChI is InChI=1S/C28H28N8O/c1-2-29-27(37)34-12-9-28(18-34)10-13-35-25(28)15-23(33-35)19-14-21-22(17-31-26(21)30-16-19)24-8-11-32-36(24)20-6-4-3-5-7-20/h3-8,11,14-17H,2,9-10,12-13,18H2,1H3,(H,29,37)(H,30,31). The predicted molar refractivity (Wildman–Crippen MR) is 141 cm³/mol. The molecule has 2 aliphatic rings. The fourth-order valence-corrected chi connectivity index (χ4v) is 5.96. The van der Waals surface area contributed by atoms with Crippen molar-refractivity contribution in [1.29, 1.82) is 0 Å². The molecule has 0 aliphatic carbocycles. The van der Waals surface area contributed by atoms with Gasteiger partial charge in [-0.15, -0.1) is 0 Å². The summed E-state index contributed by atoms with van der Waals surface area (Å²) in [6.07, 6.45) is 7.70. The van der Waals surface area contributed by atoms with E-state index < -0.39 is 0 Å². The van der Waals surface area contributed by atoms with Gasteiger partial charge in [0.05, 0.1) is 23.3 Å². The molecule has 2 aliphatic heterocycles. The summed E-state index contributed by atoms with van der Waals surface area (Å²) in [5.41, 5.74) is 6.99. The van der Waals surface area contributed by atoms with Crippen LogP contribution in [-0.4, -0.2) is 60.1 Å². The van der Waals surface area contributed by atoms with E-state index in [0.29, 0.717) is 6.54 Å². The number of fused-ring (bicyclic) bond motifs is 3. The third-order valence-corrected chi connectivity index (χ3v) is 7.84. The number of aryl methyl sites for hydroxylation is 1. The lowest BCUT2D eigenvalue weighted by atomic mass is 9.82. The summed E-state index contributed by atoms with van der Waals surface area (Å²) in [7, 11) is 0. The van der Waals surface area contributed by atoms with Crippen LogP contribution in [0.15, 0.2) is 67.1 Å². The Morgan fingerprint density at radius 1 is 1.14 bits per heavy atom. The van der Waals surface area contributed by atoms with Crippen LogP contribution in [0.5, 0.6) is 0 Å². The molecule has 0 bridgehead atoms. The largest absolute Gasteiger partial charge is 0.345 e. The Morgan fingerprint density at radius 2 is 2.00 bits per heavy atom. The molecule has 5 aromatic rings. The zero-order valence-corrected chi connectivity index (χ0v) is 20.7. The number of aromatic amines is 1. The molecule has 1 fully saturated rings. The molecule has 9 heteroatoms. The van der Waals surface area contributed by atoms with Crippen LogP contribution < -0.4 is 5.32 Å². The number of aromatic nitrogens is 6. The lowest BCUT2D eigenvalue weighted by Gasteiger charge is -2.23. The van der Waals surface area contributed by atoms with Crippen molar-refractivity contribution in [2.45, 2.75) is 31.7 Å². The van der Waals surface area contributed by atoms with Gasteiger partial charge in [-0.3, -0.25) is 4.68 Å². The maximum absolute atomic E-state index is 12.4. The number of benzene rings is 1. The van der Waals surface area contributed by atoms with E-state index >= 15 is 0 Å². The number of pyridine rings is 1. The second kappa shape index (κ2) is 8.33. The van der Waals surface area contributed by atoms with E-state index in [1.807, 2.05) is 71.5 Å². The average molecular weight is 493 g/mol. The molecule has 0 saturated carbocycles. The summed E-state index contributed by atoms with van der Waals surface area (Å²) in [4.78, 5) is 22.4. The smallest absolute Gasteiger partial charge is 0.317 e. The molecule has 6 heterocycles. The molecular formula is C28H28N8O. The van der Waals surface area contributed by atoms with Gasteiger partial charge in [-0.1, -0.05) is 18.2 Å². The van der Waals surface area contributed by atoms with Crippen LogP contribution >= 0.6 is 0 Å². The molecule has 1 spiro atoms. The monoisotopic (exact) mass is 492 g/mol. The van der Waals surface area contributed by atoms with Crippen LogP contribution in [0.4, 0.5) is 4.79 Å². The number of urea groups is 1. The number of para-hydroxylation sites is 1. The lowest BCUT2D eigenvalue weighted by molar-refractivity contribution is 0.206. The summed E-state index contributed by atoms with van der Waals surface area (Å²) in [6.45, 7) is 5.00. The van der Waals surface area contributed by atoms with E-state index in [4.69, 9.17) is 10.1 Å². The topological polar surface area (TPSA) is 96.7 Å². The van der Waals surface area contributed by atoms with Gasteiger partial charge in [0.1, 0.15) is 5.65 Å². The Bertz CT molecular complexity index is 1610. The Hall–Kier alpha value is -4.40. The third kappa shape index (κ3) is 3.45. The molecule has 1 aromatic carbocycles. The Balaban J connectivity index is 1.24. The summed E-state index contributed by atoms with van der Waals surface area (Å²) in [6, 6.07) is 16.6. The normalized spacial score (nSPS) is 18.7. The lowest BCUT2D eigenvalue weighted by Crippen LogP contribution is -2.40. The number of likely N-dealkylation sites (tertiary alicyclic amines) is 1. The molecular weight excluding hydrogens is 464 g/mol. The Morgan fingerprint density at radius 3 is 2.86 bits per heavy atom. The highest BCUT2D eigenvalue weighted by Crippen LogP contribution is 2.44. The average Bonchev–Trinajstić information content (AvgIpc) is 3.74. The highest BCUT2D eigenvalue weighted by atomic mass is 16.2. The van der Waals surface area contributed by atoms with Crippen LogP contribution in [0, 0.1) is 0 Å². The second-order valence-corrected chi connectivity index (χ2v) is 9.96. The van der Waals surface area contributed by atoms with Gasteiger partial charge < -0.3 is 15.2 Å². The fourth-order valence-electron chi connectivity index (χ4n) is 5.96. The van der Waals surface area contributed by atoms with E-state index in [2.05, 4.69) is 32.2 Å². The summed E-state index contributed by atoms with van der Waals surface area (Å²) < 4.78 is 4.08. The highest BCUT2D eigenvalue weighted by Gasteiger charge is 2.46. The zero-order chi connectivity index (χ0) is 25.0. The van der Waals surface area contributed by atoms with Crippen LogP contribution in [0.3, 0.4) is 0 Å². The van der Waals surface area contributed by atoms with Crippen molar-refractivity contribution in [3.8, 4) is 28.2 Å². The molecule has 186 valence electrons. The number of rotatable bonds is 4. The number of carbonyl (C=O) groups is 1.